The van der Waals surface area contributed by atoms with E-state index in [0.717, 1.165) is 0 Å². The molecular weight excluding hydrogens is 168 g/mol. The first-order valence-electron chi connectivity index (χ1n) is 3.36. The second-order valence-corrected chi connectivity index (χ2v) is 2.41. The van der Waals surface area contributed by atoms with Crippen LogP contribution in [0.3, 0.4) is 0 Å². The predicted octanol–water partition coefficient (Wildman–Crippen LogP) is -2.46. The van der Waals surface area contributed by atoms with Gasteiger partial charge in [0.15, 0.2) is 0 Å². The smallest absolute Gasteiger partial charge is 0.306 e. The van der Waals surface area contributed by atoms with Crippen LogP contribution in [-0.4, -0.2) is 56.4 Å². The lowest BCUT2D eigenvalue weighted by atomic mass is 10.1. The van der Waals surface area contributed by atoms with Gasteiger partial charge in [-0.05, 0) is 0 Å². The molecule has 12 heavy (non-hydrogen) atoms. The second-order valence-electron chi connectivity index (χ2n) is 2.41. The molecule has 0 radical (unpaired) electrons. The minimum atomic E-state index is -1.63. The van der Waals surface area contributed by atoms with E-state index in [0.29, 0.717) is 0 Å². The molecule has 0 heterocycles. The van der Waals surface area contributed by atoms with Crippen LogP contribution in [0.5, 0.6) is 0 Å². The molecule has 0 aliphatic rings. The number of carboxylic acids is 1. The molecule has 1 unspecified atom stereocenters. The molecule has 0 saturated carbocycles. The number of hydrogen-bond acceptors (Lipinski definition) is 5. The summed E-state index contributed by atoms with van der Waals surface area (Å²) in [4.78, 5) is 10.0. The molecule has 0 aliphatic carbocycles. The van der Waals surface area contributed by atoms with Gasteiger partial charge in [-0.1, -0.05) is 0 Å². The third-order valence-electron chi connectivity index (χ3n) is 1.36. The highest BCUT2D eigenvalue weighted by molar-refractivity contribution is 5.67. The Bertz CT molecular complexity index is 147. The first-order chi connectivity index (χ1) is 5.49. The topological polar surface area (TPSA) is 118 Å². The molecule has 0 aromatic heterocycles. The zero-order valence-electron chi connectivity index (χ0n) is 6.29. The molecule has 0 bridgehead atoms. The van der Waals surface area contributed by atoms with E-state index in [1.165, 1.54) is 0 Å². The molecule has 0 aromatic rings. The van der Waals surface area contributed by atoms with Crippen molar-refractivity contribution in [3.63, 3.8) is 0 Å². The van der Waals surface area contributed by atoms with Gasteiger partial charge in [-0.2, -0.15) is 0 Å². The molecule has 6 heteroatoms. The fourth-order valence-electron chi connectivity index (χ4n) is 0.664. The van der Waals surface area contributed by atoms with Gasteiger partial charge in [-0.25, -0.2) is 0 Å². The van der Waals surface area contributed by atoms with Gasteiger partial charge in [0.1, 0.15) is 12.2 Å². The number of rotatable bonds is 5. The van der Waals surface area contributed by atoms with E-state index in [1.807, 2.05) is 0 Å². The van der Waals surface area contributed by atoms with Crippen molar-refractivity contribution in [3.05, 3.63) is 0 Å². The summed E-state index contributed by atoms with van der Waals surface area (Å²) in [7, 11) is 0. The van der Waals surface area contributed by atoms with Gasteiger partial charge >= 0.3 is 5.97 Å². The Morgan fingerprint density at radius 3 is 2.00 bits per heavy atom. The van der Waals surface area contributed by atoms with Gasteiger partial charge in [0, 0.05) is 0 Å². The standard InChI is InChI=1S/C6H12O6/c7-2-4(9)6(12)3(8)1-5(10)11/h3-4,6-9,12H,1-2H2,(H,10,11)/t3?,4-,6+/m1/s1. The van der Waals surface area contributed by atoms with Crippen molar-refractivity contribution >= 4 is 5.97 Å². The maximum atomic E-state index is 10.0. The molecule has 0 spiro atoms. The van der Waals surface area contributed by atoms with E-state index in [9.17, 15) is 4.79 Å². The Hall–Kier alpha value is -0.690. The highest BCUT2D eigenvalue weighted by Gasteiger charge is 2.25. The monoisotopic (exact) mass is 180 g/mol. The van der Waals surface area contributed by atoms with Crippen molar-refractivity contribution in [3.8, 4) is 0 Å². The second kappa shape index (κ2) is 5.04. The first kappa shape index (κ1) is 11.3. The molecule has 0 saturated heterocycles. The Morgan fingerprint density at radius 2 is 1.67 bits per heavy atom. The van der Waals surface area contributed by atoms with E-state index >= 15 is 0 Å². The van der Waals surface area contributed by atoms with Crippen LogP contribution in [0.4, 0.5) is 0 Å². The fourth-order valence-corrected chi connectivity index (χ4v) is 0.664. The van der Waals surface area contributed by atoms with Gasteiger partial charge in [-0.15, -0.1) is 0 Å². The van der Waals surface area contributed by atoms with Crippen molar-refractivity contribution in [1.29, 1.82) is 0 Å². The molecular formula is C6H12O6. The number of aliphatic hydroxyl groups is 4. The third-order valence-corrected chi connectivity index (χ3v) is 1.36. The Labute approximate surface area is 68.7 Å². The molecule has 5 N–H and O–H groups in total. The highest BCUT2D eigenvalue weighted by atomic mass is 16.4. The van der Waals surface area contributed by atoms with Gasteiger partial charge in [-0.3, -0.25) is 4.79 Å². The fraction of sp³-hybridized carbons (Fsp3) is 0.833. The summed E-state index contributed by atoms with van der Waals surface area (Å²) in [5.41, 5.74) is 0. The summed E-state index contributed by atoms with van der Waals surface area (Å²) < 4.78 is 0. The van der Waals surface area contributed by atoms with Crippen LogP contribution in [0.25, 0.3) is 0 Å². The lowest BCUT2D eigenvalue weighted by molar-refractivity contribution is -0.143. The van der Waals surface area contributed by atoms with E-state index in [-0.39, 0.29) is 0 Å². The minimum absolute atomic E-state index is 0.668. The van der Waals surface area contributed by atoms with Crippen LogP contribution in [0.1, 0.15) is 6.42 Å². The van der Waals surface area contributed by atoms with Crippen molar-refractivity contribution in [2.75, 3.05) is 6.61 Å². The largest absolute Gasteiger partial charge is 0.481 e. The third kappa shape index (κ3) is 3.63. The van der Waals surface area contributed by atoms with Crippen LogP contribution >= 0.6 is 0 Å². The summed E-state index contributed by atoms with van der Waals surface area (Å²) in [6.45, 7) is -0.724. The Kier molecular flexibility index (Phi) is 4.75. The summed E-state index contributed by atoms with van der Waals surface area (Å²) >= 11 is 0. The van der Waals surface area contributed by atoms with Crippen LogP contribution in [0, 0.1) is 0 Å². The minimum Gasteiger partial charge on any atom is -0.481 e. The molecule has 0 aromatic carbocycles. The van der Waals surface area contributed by atoms with Gasteiger partial charge in [0.25, 0.3) is 0 Å². The van der Waals surface area contributed by atoms with Crippen LogP contribution in [0.2, 0.25) is 0 Å². The maximum Gasteiger partial charge on any atom is 0.306 e. The van der Waals surface area contributed by atoms with Gasteiger partial charge in [0.05, 0.1) is 19.1 Å². The van der Waals surface area contributed by atoms with E-state index in [2.05, 4.69) is 0 Å². The maximum absolute atomic E-state index is 10.0. The average Bonchev–Trinajstić information content (AvgIpc) is 2.00. The molecule has 72 valence electrons. The van der Waals surface area contributed by atoms with Gasteiger partial charge in [0.2, 0.25) is 0 Å². The molecule has 0 fully saturated rings. The van der Waals surface area contributed by atoms with E-state index < -0.39 is 37.3 Å². The number of hydrogen-bond donors (Lipinski definition) is 5. The van der Waals surface area contributed by atoms with Crippen molar-refractivity contribution in [2.45, 2.75) is 24.7 Å². The molecule has 0 aliphatic heterocycles. The SMILES string of the molecule is O=C(O)CC(O)[C@H](O)[C@H](O)CO. The number of carboxylic acid groups (broad SMARTS) is 1. The molecule has 0 amide bonds. The van der Waals surface area contributed by atoms with Crippen molar-refractivity contribution in [1.82, 2.24) is 0 Å². The summed E-state index contributed by atoms with van der Waals surface area (Å²) in [5, 5.41) is 43.0. The number of aliphatic hydroxyl groups excluding tert-OH is 4. The summed E-state index contributed by atoms with van der Waals surface area (Å²) in [6, 6.07) is 0. The van der Waals surface area contributed by atoms with E-state index in [1.54, 1.807) is 0 Å². The number of carbonyl (C=O) groups is 1. The summed E-state index contributed by atoms with van der Waals surface area (Å²) in [6.07, 6.45) is -5.38. The lowest BCUT2D eigenvalue weighted by Crippen LogP contribution is -2.40. The quantitative estimate of drug-likeness (QED) is 0.320. The van der Waals surface area contributed by atoms with Crippen LogP contribution in [0.15, 0.2) is 0 Å². The van der Waals surface area contributed by atoms with Crippen molar-refractivity contribution < 1.29 is 30.3 Å². The predicted molar refractivity (Wildman–Crippen MR) is 37.4 cm³/mol. The normalized spacial score (nSPS) is 18.3. The highest BCUT2D eigenvalue weighted by Crippen LogP contribution is 2.03. The summed E-state index contributed by atoms with van der Waals surface area (Å²) in [5.74, 6) is -1.29. The zero-order chi connectivity index (χ0) is 9.72. The Balaban J connectivity index is 3.91. The van der Waals surface area contributed by atoms with Gasteiger partial charge < -0.3 is 25.5 Å². The molecule has 6 nitrogen and oxygen atoms in total. The molecule has 0 rings (SSSR count). The van der Waals surface area contributed by atoms with E-state index in [4.69, 9.17) is 25.5 Å². The number of aliphatic carboxylic acids is 1. The van der Waals surface area contributed by atoms with Crippen LogP contribution < -0.4 is 0 Å². The molecule has 3 atom stereocenters. The lowest BCUT2D eigenvalue weighted by Gasteiger charge is -2.19. The Morgan fingerprint density at radius 1 is 1.17 bits per heavy atom. The van der Waals surface area contributed by atoms with Crippen LogP contribution in [-0.2, 0) is 4.79 Å². The first-order valence-corrected chi connectivity index (χ1v) is 3.36. The zero-order valence-corrected chi connectivity index (χ0v) is 6.29. The average molecular weight is 180 g/mol. The van der Waals surface area contributed by atoms with Crippen molar-refractivity contribution in [2.24, 2.45) is 0 Å².